The van der Waals surface area contributed by atoms with Crippen LogP contribution in [0.4, 0.5) is 0 Å². The van der Waals surface area contributed by atoms with Gasteiger partial charge in [-0.1, -0.05) is 40.5 Å². The first-order chi connectivity index (χ1) is 14.3. The summed E-state index contributed by atoms with van der Waals surface area (Å²) in [5.74, 6) is 5.51. The van der Waals surface area contributed by atoms with E-state index in [-0.39, 0.29) is 11.8 Å². The SMILES string of the molecule is C[C@H]1CC[C@]2(NC1)OC1CC3[C@@H]4CCCC[C@@H](O)CC[C@H](C)C4CC[C@]3(C)C1[C@@H]2C. The highest BCUT2D eigenvalue weighted by molar-refractivity contribution is 5.14. The van der Waals surface area contributed by atoms with Crippen molar-refractivity contribution in [3.05, 3.63) is 0 Å². The van der Waals surface area contributed by atoms with Crippen molar-refractivity contribution < 1.29 is 9.84 Å². The largest absolute Gasteiger partial charge is 0.393 e. The lowest BCUT2D eigenvalue weighted by atomic mass is 9.53. The number of aliphatic hydroxyl groups is 1. The molecule has 11 atom stereocenters. The molecule has 0 aromatic carbocycles. The molecule has 5 aliphatic rings. The minimum absolute atomic E-state index is 0.0353. The van der Waals surface area contributed by atoms with Gasteiger partial charge in [-0.05, 0) is 98.7 Å². The fourth-order valence-corrected chi connectivity index (χ4v) is 9.21. The Hall–Kier alpha value is -0.120. The number of rotatable bonds is 0. The van der Waals surface area contributed by atoms with E-state index in [1.54, 1.807) is 0 Å². The first kappa shape index (κ1) is 21.7. The fraction of sp³-hybridized carbons (Fsp3) is 1.00. The van der Waals surface area contributed by atoms with Crippen molar-refractivity contribution >= 4 is 0 Å². The summed E-state index contributed by atoms with van der Waals surface area (Å²) < 4.78 is 7.01. The van der Waals surface area contributed by atoms with E-state index in [0.29, 0.717) is 17.4 Å². The zero-order valence-electron chi connectivity index (χ0n) is 20.0. The Morgan fingerprint density at radius 2 is 1.70 bits per heavy atom. The summed E-state index contributed by atoms with van der Waals surface area (Å²) in [5, 5.41) is 14.2. The second kappa shape index (κ2) is 8.03. The molecule has 2 heterocycles. The van der Waals surface area contributed by atoms with Crippen LogP contribution in [-0.4, -0.2) is 29.6 Å². The van der Waals surface area contributed by atoms with Crippen molar-refractivity contribution in [1.29, 1.82) is 0 Å². The summed E-state index contributed by atoms with van der Waals surface area (Å²) in [6.07, 6.45) is 14.2. The maximum atomic E-state index is 10.3. The second-order valence-electron chi connectivity index (χ2n) is 12.6. The van der Waals surface area contributed by atoms with Gasteiger partial charge in [0.25, 0.3) is 0 Å². The standard InChI is InChI=1S/C27H47NO2/c1-17-11-14-27(28-16-17)19(3)25-24(30-27)15-23-22-8-6-5-7-20(29)10-9-18(2)21(22)12-13-26(23,25)4/h17-25,28-29H,5-16H2,1-4H3/t17-,18-,19-,20+,21?,22+,23?,24?,25?,26-,27-/m0/s1. The van der Waals surface area contributed by atoms with Crippen LogP contribution < -0.4 is 5.32 Å². The maximum Gasteiger partial charge on any atom is 0.122 e. The molecule has 172 valence electrons. The minimum Gasteiger partial charge on any atom is -0.393 e. The van der Waals surface area contributed by atoms with E-state index in [1.165, 1.54) is 57.8 Å². The molecule has 2 N–H and O–H groups in total. The molecule has 0 bridgehead atoms. The predicted molar refractivity (Wildman–Crippen MR) is 122 cm³/mol. The van der Waals surface area contributed by atoms with Gasteiger partial charge in [0.05, 0.1) is 12.2 Å². The van der Waals surface area contributed by atoms with Crippen LogP contribution in [0, 0.1) is 46.8 Å². The summed E-state index contributed by atoms with van der Waals surface area (Å²) in [6, 6.07) is 0. The van der Waals surface area contributed by atoms with Crippen LogP contribution in [0.5, 0.6) is 0 Å². The summed E-state index contributed by atoms with van der Waals surface area (Å²) in [6.45, 7) is 11.2. The number of hydrogen-bond donors (Lipinski definition) is 2. The summed E-state index contributed by atoms with van der Waals surface area (Å²) >= 11 is 0. The number of piperidine rings is 1. The molecule has 1 spiro atoms. The second-order valence-corrected chi connectivity index (χ2v) is 12.6. The van der Waals surface area contributed by atoms with Crippen molar-refractivity contribution in [2.75, 3.05) is 6.54 Å². The average Bonchev–Trinajstić information content (AvgIpc) is 3.16. The van der Waals surface area contributed by atoms with E-state index in [2.05, 4.69) is 33.0 Å². The fourth-order valence-electron chi connectivity index (χ4n) is 9.21. The molecule has 5 rings (SSSR count). The molecule has 0 aromatic rings. The number of hydrogen-bond acceptors (Lipinski definition) is 3. The highest BCUT2D eigenvalue weighted by atomic mass is 16.5. The maximum absolute atomic E-state index is 10.3. The van der Waals surface area contributed by atoms with E-state index in [4.69, 9.17) is 4.74 Å². The topological polar surface area (TPSA) is 41.5 Å². The van der Waals surface area contributed by atoms with E-state index in [9.17, 15) is 5.11 Å². The molecule has 0 amide bonds. The van der Waals surface area contributed by atoms with Crippen molar-refractivity contribution in [2.24, 2.45) is 46.8 Å². The number of ether oxygens (including phenoxy) is 1. The van der Waals surface area contributed by atoms with Gasteiger partial charge in [0.1, 0.15) is 5.72 Å². The third kappa shape index (κ3) is 3.41. The third-order valence-electron chi connectivity index (χ3n) is 11.0. The van der Waals surface area contributed by atoms with Crippen molar-refractivity contribution in [2.45, 2.75) is 116 Å². The zero-order valence-corrected chi connectivity index (χ0v) is 20.0. The van der Waals surface area contributed by atoms with Crippen LogP contribution in [0.25, 0.3) is 0 Å². The Morgan fingerprint density at radius 3 is 2.47 bits per heavy atom. The molecular formula is C27H47NO2. The van der Waals surface area contributed by atoms with Gasteiger partial charge in [-0.25, -0.2) is 0 Å². The zero-order chi connectivity index (χ0) is 21.1. The summed E-state index contributed by atoms with van der Waals surface area (Å²) in [5.41, 5.74) is 0.426. The van der Waals surface area contributed by atoms with E-state index >= 15 is 0 Å². The molecule has 0 radical (unpaired) electrons. The third-order valence-corrected chi connectivity index (χ3v) is 11.0. The smallest absolute Gasteiger partial charge is 0.122 e. The van der Waals surface area contributed by atoms with Gasteiger partial charge < -0.3 is 9.84 Å². The van der Waals surface area contributed by atoms with Crippen LogP contribution in [0.3, 0.4) is 0 Å². The van der Waals surface area contributed by atoms with Crippen molar-refractivity contribution in [3.8, 4) is 0 Å². The van der Waals surface area contributed by atoms with Gasteiger partial charge in [-0.2, -0.15) is 0 Å². The van der Waals surface area contributed by atoms with Gasteiger partial charge >= 0.3 is 0 Å². The van der Waals surface area contributed by atoms with Crippen molar-refractivity contribution in [1.82, 2.24) is 5.32 Å². The Morgan fingerprint density at radius 1 is 0.900 bits per heavy atom. The molecule has 3 heteroatoms. The molecular weight excluding hydrogens is 370 g/mol. The van der Waals surface area contributed by atoms with E-state index < -0.39 is 0 Å². The Bertz CT molecular complexity index is 614. The summed E-state index contributed by atoms with van der Waals surface area (Å²) in [4.78, 5) is 0. The van der Waals surface area contributed by atoms with E-state index in [1.807, 2.05) is 0 Å². The van der Waals surface area contributed by atoms with Gasteiger partial charge in [0, 0.05) is 12.5 Å². The molecule has 2 aliphatic heterocycles. The Labute approximate surface area is 185 Å². The lowest BCUT2D eigenvalue weighted by molar-refractivity contribution is -0.113. The summed E-state index contributed by atoms with van der Waals surface area (Å²) in [7, 11) is 0. The lowest BCUT2D eigenvalue weighted by Gasteiger charge is -2.52. The molecule has 3 aliphatic carbocycles. The van der Waals surface area contributed by atoms with Gasteiger partial charge in [0.15, 0.2) is 0 Å². The average molecular weight is 418 g/mol. The first-order valence-electron chi connectivity index (χ1n) is 13.4. The van der Waals surface area contributed by atoms with Crippen LogP contribution in [-0.2, 0) is 4.74 Å². The highest BCUT2D eigenvalue weighted by Gasteiger charge is 2.66. The molecule has 3 nitrogen and oxygen atoms in total. The number of aliphatic hydroxyl groups excluding tert-OH is 1. The Kier molecular flexibility index (Phi) is 5.81. The van der Waals surface area contributed by atoms with Crippen LogP contribution >= 0.6 is 0 Å². The van der Waals surface area contributed by atoms with E-state index in [0.717, 1.165) is 54.9 Å². The molecule has 2 saturated heterocycles. The quantitative estimate of drug-likeness (QED) is 0.527. The molecule has 4 unspecified atom stereocenters. The van der Waals surface area contributed by atoms with Crippen LogP contribution in [0.2, 0.25) is 0 Å². The van der Waals surface area contributed by atoms with Crippen molar-refractivity contribution in [3.63, 3.8) is 0 Å². The molecule has 30 heavy (non-hydrogen) atoms. The van der Waals surface area contributed by atoms with Gasteiger partial charge in [-0.15, -0.1) is 0 Å². The highest BCUT2D eigenvalue weighted by Crippen LogP contribution is 2.67. The normalized spacial score (nSPS) is 56.9. The van der Waals surface area contributed by atoms with Gasteiger partial charge in [-0.3, -0.25) is 5.32 Å². The van der Waals surface area contributed by atoms with Crippen LogP contribution in [0.15, 0.2) is 0 Å². The first-order valence-corrected chi connectivity index (χ1v) is 13.4. The lowest BCUT2D eigenvalue weighted by Crippen LogP contribution is -2.56. The minimum atomic E-state index is -0.0557. The number of nitrogens with one attached hydrogen (secondary N) is 1. The predicted octanol–water partition coefficient (Wildman–Crippen LogP) is 5.76. The molecule has 0 aromatic heterocycles. The van der Waals surface area contributed by atoms with Gasteiger partial charge in [0.2, 0.25) is 0 Å². The monoisotopic (exact) mass is 417 g/mol. The van der Waals surface area contributed by atoms with Crippen LogP contribution in [0.1, 0.15) is 98.3 Å². The Balaban J connectivity index is 1.37. The molecule has 5 fully saturated rings. The molecule has 3 saturated carbocycles. The number of fused-ring (bicyclic) bond motifs is 5.